The van der Waals surface area contributed by atoms with E-state index in [1.54, 1.807) is 13.8 Å². The summed E-state index contributed by atoms with van der Waals surface area (Å²) >= 11 is 0. The molecule has 0 bridgehead atoms. The van der Waals surface area contributed by atoms with Crippen molar-refractivity contribution in [1.29, 1.82) is 0 Å². The first-order chi connectivity index (χ1) is 9.09. The van der Waals surface area contributed by atoms with Crippen LogP contribution in [0.5, 0.6) is 0 Å². The minimum absolute atomic E-state index is 0.110. The number of Topliss-reactive ketones (excluding diaryl/α,β-unsaturated/α-hetero) is 1. The van der Waals surface area contributed by atoms with Crippen molar-refractivity contribution >= 4 is 11.7 Å². The molecule has 0 saturated carbocycles. The van der Waals surface area contributed by atoms with Gasteiger partial charge in [-0.3, -0.25) is 14.5 Å². The van der Waals surface area contributed by atoms with Crippen LogP contribution < -0.4 is 0 Å². The van der Waals surface area contributed by atoms with Crippen molar-refractivity contribution in [3.63, 3.8) is 0 Å². The average molecular weight is 260 g/mol. The maximum absolute atomic E-state index is 11.9. The Balaban J connectivity index is 2.10. The third kappa shape index (κ3) is 3.20. The monoisotopic (exact) mass is 260 g/mol. The number of carbonyl (C=O) groups is 2. The Morgan fingerprint density at radius 1 is 1.00 bits per heavy atom. The Labute approximate surface area is 114 Å². The number of ketones is 1. The molecule has 0 aromatic heterocycles. The molecule has 4 nitrogen and oxygen atoms in total. The Morgan fingerprint density at radius 2 is 1.58 bits per heavy atom. The van der Waals surface area contributed by atoms with Gasteiger partial charge in [0.05, 0.1) is 6.04 Å². The highest BCUT2D eigenvalue weighted by molar-refractivity contribution is 5.83. The lowest BCUT2D eigenvalue weighted by atomic mass is 10.0. The molecule has 19 heavy (non-hydrogen) atoms. The number of carbonyl (C=O) groups excluding carboxylic acids is 2. The zero-order valence-corrected chi connectivity index (χ0v) is 11.5. The van der Waals surface area contributed by atoms with Crippen LogP contribution in [0.2, 0.25) is 0 Å². The van der Waals surface area contributed by atoms with Crippen LogP contribution in [0.4, 0.5) is 0 Å². The number of hydrogen-bond acceptors (Lipinski definition) is 3. The molecule has 1 aromatic carbocycles. The molecule has 2 rings (SSSR count). The first kappa shape index (κ1) is 13.7. The van der Waals surface area contributed by atoms with Crippen molar-refractivity contribution < 1.29 is 9.59 Å². The summed E-state index contributed by atoms with van der Waals surface area (Å²) in [6.45, 7) is 6.12. The first-order valence-corrected chi connectivity index (χ1v) is 6.64. The van der Waals surface area contributed by atoms with Gasteiger partial charge >= 0.3 is 0 Å². The van der Waals surface area contributed by atoms with Gasteiger partial charge in [-0.2, -0.15) is 0 Å². The predicted molar refractivity (Wildman–Crippen MR) is 73.7 cm³/mol. The van der Waals surface area contributed by atoms with Crippen LogP contribution in [0, 0.1) is 0 Å². The summed E-state index contributed by atoms with van der Waals surface area (Å²) in [6.07, 6.45) is 0. The lowest BCUT2D eigenvalue weighted by Gasteiger charge is -2.38. The number of nitrogens with zero attached hydrogens (tertiary/aromatic N) is 2. The van der Waals surface area contributed by atoms with Crippen molar-refractivity contribution in [3.8, 4) is 0 Å². The van der Waals surface area contributed by atoms with Crippen LogP contribution >= 0.6 is 0 Å². The molecule has 1 aliphatic rings. The fourth-order valence-electron chi connectivity index (χ4n) is 2.63. The van der Waals surface area contributed by atoms with Gasteiger partial charge in [0.15, 0.2) is 5.78 Å². The van der Waals surface area contributed by atoms with Gasteiger partial charge in [0.2, 0.25) is 5.91 Å². The quantitative estimate of drug-likeness (QED) is 0.826. The van der Waals surface area contributed by atoms with E-state index in [0.29, 0.717) is 13.1 Å². The fraction of sp³-hybridized carbons (Fsp3) is 0.467. The summed E-state index contributed by atoms with van der Waals surface area (Å²) < 4.78 is 0. The molecule has 1 atom stereocenters. The van der Waals surface area contributed by atoms with Crippen molar-refractivity contribution in [3.05, 3.63) is 35.9 Å². The Kier molecular flexibility index (Phi) is 4.32. The SMILES string of the molecule is CC(=O)C(c1ccccc1)N1CCN(C(C)=O)CC1. The smallest absolute Gasteiger partial charge is 0.219 e. The van der Waals surface area contributed by atoms with Crippen LogP contribution in [0.3, 0.4) is 0 Å². The van der Waals surface area contributed by atoms with E-state index in [9.17, 15) is 9.59 Å². The molecular formula is C15H20N2O2. The van der Waals surface area contributed by atoms with Crippen LogP contribution in [0.25, 0.3) is 0 Å². The lowest BCUT2D eigenvalue weighted by Crippen LogP contribution is -2.50. The molecule has 1 aliphatic heterocycles. The zero-order chi connectivity index (χ0) is 13.8. The van der Waals surface area contributed by atoms with Gasteiger partial charge in [-0.25, -0.2) is 0 Å². The average Bonchev–Trinajstić information content (AvgIpc) is 2.40. The number of amides is 1. The van der Waals surface area contributed by atoms with Gasteiger partial charge in [-0.15, -0.1) is 0 Å². The second-order valence-corrected chi connectivity index (χ2v) is 4.97. The maximum atomic E-state index is 11.9. The predicted octanol–water partition coefficient (Wildman–Crippen LogP) is 1.48. The van der Waals surface area contributed by atoms with Crippen LogP contribution in [0.1, 0.15) is 25.5 Å². The minimum atomic E-state index is -0.185. The standard InChI is InChI=1S/C15H20N2O2/c1-12(18)15(14-6-4-3-5-7-14)17-10-8-16(9-11-17)13(2)19/h3-7,15H,8-11H2,1-2H3. The van der Waals surface area contributed by atoms with Crippen molar-refractivity contribution in [2.45, 2.75) is 19.9 Å². The van der Waals surface area contributed by atoms with Gasteiger partial charge < -0.3 is 4.90 Å². The molecule has 1 aromatic rings. The third-order valence-corrected chi connectivity index (χ3v) is 3.63. The zero-order valence-electron chi connectivity index (χ0n) is 11.5. The summed E-state index contributed by atoms with van der Waals surface area (Å²) in [6, 6.07) is 9.66. The van der Waals surface area contributed by atoms with Crippen molar-refractivity contribution in [1.82, 2.24) is 9.80 Å². The van der Waals surface area contributed by atoms with Gasteiger partial charge in [-0.05, 0) is 12.5 Å². The van der Waals surface area contributed by atoms with Gasteiger partial charge in [0, 0.05) is 33.1 Å². The van der Waals surface area contributed by atoms with Gasteiger partial charge in [0.25, 0.3) is 0 Å². The van der Waals surface area contributed by atoms with Crippen LogP contribution in [0.15, 0.2) is 30.3 Å². The summed E-state index contributed by atoms with van der Waals surface area (Å²) in [5.74, 6) is 0.265. The molecule has 1 unspecified atom stereocenters. The summed E-state index contributed by atoms with van der Waals surface area (Å²) in [5, 5.41) is 0. The number of rotatable bonds is 3. The van der Waals surface area contributed by atoms with Crippen LogP contribution in [-0.4, -0.2) is 47.7 Å². The normalized spacial score (nSPS) is 18.1. The highest BCUT2D eigenvalue weighted by Gasteiger charge is 2.28. The Morgan fingerprint density at radius 3 is 2.05 bits per heavy atom. The number of benzene rings is 1. The summed E-state index contributed by atoms with van der Waals surface area (Å²) in [5.41, 5.74) is 1.03. The molecule has 4 heteroatoms. The Bertz CT molecular complexity index is 450. The molecule has 0 spiro atoms. The first-order valence-electron chi connectivity index (χ1n) is 6.64. The molecule has 1 fully saturated rings. The van der Waals surface area contributed by atoms with E-state index in [0.717, 1.165) is 18.7 Å². The van der Waals surface area contributed by atoms with E-state index >= 15 is 0 Å². The minimum Gasteiger partial charge on any atom is -0.340 e. The van der Waals surface area contributed by atoms with E-state index in [4.69, 9.17) is 0 Å². The molecule has 1 amide bonds. The molecule has 102 valence electrons. The second kappa shape index (κ2) is 5.97. The number of hydrogen-bond donors (Lipinski definition) is 0. The number of piperazine rings is 1. The van der Waals surface area contributed by atoms with E-state index in [2.05, 4.69) is 4.90 Å². The second-order valence-electron chi connectivity index (χ2n) is 4.97. The van der Waals surface area contributed by atoms with E-state index < -0.39 is 0 Å². The van der Waals surface area contributed by atoms with Crippen molar-refractivity contribution in [2.24, 2.45) is 0 Å². The highest BCUT2D eigenvalue weighted by atomic mass is 16.2. The summed E-state index contributed by atoms with van der Waals surface area (Å²) in [4.78, 5) is 27.3. The maximum Gasteiger partial charge on any atom is 0.219 e. The molecular weight excluding hydrogens is 240 g/mol. The lowest BCUT2D eigenvalue weighted by molar-refractivity contribution is -0.131. The van der Waals surface area contributed by atoms with E-state index in [1.165, 1.54) is 0 Å². The topological polar surface area (TPSA) is 40.6 Å². The van der Waals surface area contributed by atoms with Gasteiger partial charge in [0.1, 0.15) is 0 Å². The molecule has 0 N–H and O–H groups in total. The largest absolute Gasteiger partial charge is 0.340 e. The molecule has 1 heterocycles. The third-order valence-electron chi connectivity index (χ3n) is 3.63. The van der Waals surface area contributed by atoms with E-state index in [1.807, 2.05) is 35.2 Å². The molecule has 0 radical (unpaired) electrons. The highest BCUT2D eigenvalue weighted by Crippen LogP contribution is 2.23. The van der Waals surface area contributed by atoms with Crippen LogP contribution in [-0.2, 0) is 9.59 Å². The summed E-state index contributed by atoms with van der Waals surface area (Å²) in [7, 11) is 0. The molecule has 1 saturated heterocycles. The van der Waals surface area contributed by atoms with Gasteiger partial charge in [-0.1, -0.05) is 30.3 Å². The fourth-order valence-corrected chi connectivity index (χ4v) is 2.63. The Hall–Kier alpha value is -1.68. The van der Waals surface area contributed by atoms with E-state index in [-0.39, 0.29) is 17.7 Å². The van der Waals surface area contributed by atoms with Crippen molar-refractivity contribution in [2.75, 3.05) is 26.2 Å². The molecule has 0 aliphatic carbocycles.